The lowest BCUT2D eigenvalue weighted by molar-refractivity contribution is 0.146. The van der Waals surface area contributed by atoms with Crippen molar-refractivity contribution in [3.05, 3.63) is 29.8 Å². The van der Waals surface area contributed by atoms with Crippen LogP contribution in [-0.4, -0.2) is 20.3 Å². The lowest BCUT2D eigenvalue weighted by Gasteiger charge is -2.08. The van der Waals surface area contributed by atoms with E-state index in [0.29, 0.717) is 13.2 Å². The Morgan fingerprint density at radius 1 is 1.23 bits per heavy atom. The fraction of sp³-hybridized carbons (Fsp3) is 0.400. The number of halogens is 1. The molecule has 1 aromatic carbocycles. The second-order valence-electron chi connectivity index (χ2n) is 2.58. The van der Waals surface area contributed by atoms with Crippen LogP contribution in [0.25, 0.3) is 0 Å². The van der Waals surface area contributed by atoms with Crippen LogP contribution in [-0.2, 0) is 10.1 Å². The maximum atomic E-state index is 5.51. The predicted octanol–water partition coefficient (Wildman–Crippen LogP) is 2.61. The van der Waals surface area contributed by atoms with Crippen LogP contribution in [0.2, 0.25) is 0 Å². The van der Waals surface area contributed by atoms with Crippen LogP contribution >= 0.6 is 15.9 Å². The summed E-state index contributed by atoms with van der Waals surface area (Å²) in [7, 11) is 1.67. The molecule has 0 spiro atoms. The minimum atomic E-state index is 0.598. The average molecular weight is 245 g/mol. The number of hydrogen-bond donors (Lipinski definition) is 0. The van der Waals surface area contributed by atoms with Crippen molar-refractivity contribution in [3.8, 4) is 5.75 Å². The SMILES string of the molecule is COCCOc1ccccc1CBr. The number of benzene rings is 1. The lowest BCUT2D eigenvalue weighted by Crippen LogP contribution is -2.05. The molecule has 0 unspecified atom stereocenters. The third kappa shape index (κ3) is 3.36. The van der Waals surface area contributed by atoms with Crippen LogP contribution in [0, 0.1) is 0 Å². The van der Waals surface area contributed by atoms with Gasteiger partial charge in [-0.3, -0.25) is 0 Å². The molecule has 0 saturated carbocycles. The first-order valence-corrected chi connectivity index (χ1v) is 5.26. The van der Waals surface area contributed by atoms with Gasteiger partial charge in [0.15, 0.2) is 0 Å². The highest BCUT2D eigenvalue weighted by atomic mass is 79.9. The van der Waals surface area contributed by atoms with Crippen molar-refractivity contribution >= 4 is 15.9 Å². The fourth-order valence-electron chi connectivity index (χ4n) is 0.990. The highest BCUT2D eigenvalue weighted by Crippen LogP contribution is 2.20. The molecule has 0 atom stereocenters. The number of methoxy groups -OCH3 is 1. The Morgan fingerprint density at radius 3 is 2.69 bits per heavy atom. The van der Waals surface area contributed by atoms with Crippen molar-refractivity contribution in [2.75, 3.05) is 20.3 Å². The van der Waals surface area contributed by atoms with Gasteiger partial charge in [0, 0.05) is 18.0 Å². The topological polar surface area (TPSA) is 18.5 Å². The van der Waals surface area contributed by atoms with Crippen molar-refractivity contribution in [2.45, 2.75) is 5.33 Å². The molecular weight excluding hydrogens is 232 g/mol. The first-order chi connectivity index (χ1) is 6.38. The quantitative estimate of drug-likeness (QED) is 0.586. The molecule has 1 aromatic rings. The van der Waals surface area contributed by atoms with Crippen LogP contribution in [0.5, 0.6) is 5.75 Å². The zero-order valence-electron chi connectivity index (χ0n) is 7.63. The summed E-state index contributed by atoms with van der Waals surface area (Å²) in [6, 6.07) is 7.97. The van der Waals surface area contributed by atoms with Crippen LogP contribution in [0.4, 0.5) is 0 Å². The second-order valence-corrected chi connectivity index (χ2v) is 3.14. The normalized spacial score (nSPS) is 10.0. The second kappa shape index (κ2) is 6.00. The Kier molecular flexibility index (Phi) is 4.86. The first-order valence-electron chi connectivity index (χ1n) is 4.14. The van der Waals surface area contributed by atoms with Gasteiger partial charge < -0.3 is 9.47 Å². The van der Waals surface area contributed by atoms with E-state index in [-0.39, 0.29) is 0 Å². The number of alkyl halides is 1. The zero-order valence-corrected chi connectivity index (χ0v) is 9.21. The van der Waals surface area contributed by atoms with Gasteiger partial charge in [0.25, 0.3) is 0 Å². The van der Waals surface area contributed by atoms with Gasteiger partial charge >= 0.3 is 0 Å². The summed E-state index contributed by atoms with van der Waals surface area (Å²) in [6.45, 7) is 1.22. The van der Waals surface area contributed by atoms with Crippen molar-refractivity contribution < 1.29 is 9.47 Å². The lowest BCUT2D eigenvalue weighted by atomic mass is 10.2. The highest BCUT2D eigenvalue weighted by molar-refractivity contribution is 9.08. The number of para-hydroxylation sites is 1. The molecule has 0 aromatic heterocycles. The van der Waals surface area contributed by atoms with E-state index < -0.39 is 0 Å². The van der Waals surface area contributed by atoms with Gasteiger partial charge in [0.05, 0.1) is 6.61 Å². The smallest absolute Gasteiger partial charge is 0.123 e. The predicted molar refractivity (Wildman–Crippen MR) is 56.4 cm³/mol. The Hall–Kier alpha value is -0.540. The Balaban J connectivity index is 2.54. The molecule has 0 aliphatic rings. The Morgan fingerprint density at radius 2 is 2.00 bits per heavy atom. The van der Waals surface area contributed by atoms with E-state index in [1.54, 1.807) is 7.11 Å². The maximum Gasteiger partial charge on any atom is 0.123 e. The third-order valence-electron chi connectivity index (χ3n) is 1.66. The van der Waals surface area contributed by atoms with Crippen LogP contribution < -0.4 is 4.74 Å². The minimum Gasteiger partial charge on any atom is -0.491 e. The van der Waals surface area contributed by atoms with E-state index in [1.165, 1.54) is 5.56 Å². The molecule has 3 heteroatoms. The Labute approximate surface area is 87.0 Å². The summed E-state index contributed by atoms with van der Waals surface area (Å²) in [4.78, 5) is 0. The monoisotopic (exact) mass is 244 g/mol. The molecule has 2 nitrogen and oxygen atoms in total. The molecule has 0 saturated heterocycles. The summed E-state index contributed by atoms with van der Waals surface area (Å²) >= 11 is 3.41. The molecule has 0 fully saturated rings. The summed E-state index contributed by atoms with van der Waals surface area (Å²) < 4.78 is 10.4. The molecule has 0 bridgehead atoms. The van der Waals surface area contributed by atoms with Crippen LogP contribution in [0.3, 0.4) is 0 Å². The maximum absolute atomic E-state index is 5.51. The van der Waals surface area contributed by atoms with Gasteiger partial charge in [-0.05, 0) is 6.07 Å². The summed E-state index contributed by atoms with van der Waals surface area (Å²) in [6.07, 6.45) is 0. The van der Waals surface area contributed by atoms with Gasteiger partial charge in [-0.2, -0.15) is 0 Å². The third-order valence-corrected chi connectivity index (χ3v) is 2.27. The van der Waals surface area contributed by atoms with Crippen molar-refractivity contribution in [2.24, 2.45) is 0 Å². The fourth-order valence-corrected chi connectivity index (χ4v) is 1.45. The van der Waals surface area contributed by atoms with Gasteiger partial charge in [0.1, 0.15) is 12.4 Å². The van der Waals surface area contributed by atoms with Gasteiger partial charge in [-0.15, -0.1) is 0 Å². The number of rotatable bonds is 5. The van der Waals surface area contributed by atoms with E-state index in [2.05, 4.69) is 15.9 Å². The Bertz CT molecular complexity index is 250. The molecule has 0 N–H and O–H groups in total. The summed E-state index contributed by atoms with van der Waals surface area (Å²) in [5, 5.41) is 0.816. The molecule has 0 aliphatic heterocycles. The zero-order chi connectivity index (χ0) is 9.52. The van der Waals surface area contributed by atoms with Crippen LogP contribution in [0.15, 0.2) is 24.3 Å². The molecule has 0 amide bonds. The van der Waals surface area contributed by atoms with Crippen molar-refractivity contribution in [3.63, 3.8) is 0 Å². The van der Waals surface area contributed by atoms with E-state index in [1.807, 2.05) is 24.3 Å². The molecule has 13 heavy (non-hydrogen) atoms. The van der Waals surface area contributed by atoms with Gasteiger partial charge in [-0.1, -0.05) is 34.1 Å². The van der Waals surface area contributed by atoms with Gasteiger partial charge in [0.2, 0.25) is 0 Å². The number of hydrogen-bond acceptors (Lipinski definition) is 2. The van der Waals surface area contributed by atoms with E-state index in [0.717, 1.165) is 11.1 Å². The van der Waals surface area contributed by atoms with Gasteiger partial charge in [-0.25, -0.2) is 0 Å². The van der Waals surface area contributed by atoms with E-state index in [9.17, 15) is 0 Å². The summed E-state index contributed by atoms with van der Waals surface area (Å²) in [5.74, 6) is 0.927. The molecule has 0 aliphatic carbocycles. The average Bonchev–Trinajstić information content (AvgIpc) is 2.19. The highest BCUT2D eigenvalue weighted by Gasteiger charge is 1.99. The van der Waals surface area contributed by atoms with E-state index >= 15 is 0 Å². The minimum absolute atomic E-state index is 0.598. The first kappa shape index (κ1) is 10.5. The molecule has 0 radical (unpaired) electrons. The summed E-state index contributed by atoms with van der Waals surface area (Å²) in [5.41, 5.74) is 1.17. The molecule has 0 heterocycles. The van der Waals surface area contributed by atoms with Crippen molar-refractivity contribution in [1.29, 1.82) is 0 Å². The van der Waals surface area contributed by atoms with Crippen LogP contribution in [0.1, 0.15) is 5.56 Å². The van der Waals surface area contributed by atoms with Crippen molar-refractivity contribution in [1.82, 2.24) is 0 Å². The molecule has 1 rings (SSSR count). The number of ether oxygens (including phenoxy) is 2. The standard InChI is InChI=1S/C10H13BrO2/c1-12-6-7-13-10-5-3-2-4-9(10)8-11/h2-5H,6-8H2,1H3. The van der Waals surface area contributed by atoms with E-state index in [4.69, 9.17) is 9.47 Å². The molecular formula is C10H13BrO2. The molecule has 72 valence electrons. The largest absolute Gasteiger partial charge is 0.491 e.